The highest BCUT2D eigenvalue weighted by atomic mass is 32.1. The zero-order valence-electron chi connectivity index (χ0n) is 24.3. The van der Waals surface area contributed by atoms with Crippen molar-refractivity contribution in [3.05, 3.63) is 113 Å². The maximum Gasteiger partial charge on any atom is 0.337 e. The van der Waals surface area contributed by atoms with Crippen LogP contribution in [0.25, 0.3) is 5.69 Å². The Bertz CT molecular complexity index is 1620. The van der Waals surface area contributed by atoms with Gasteiger partial charge in [0.05, 0.1) is 30.5 Å². The van der Waals surface area contributed by atoms with Crippen molar-refractivity contribution >= 4 is 34.9 Å². The van der Waals surface area contributed by atoms with Gasteiger partial charge >= 0.3 is 5.97 Å². The molecule has 2 atom stereocenters. The van der Waals surface area contributed by atoms with Crippen LogP contribution in [0.5, 0.6) is 0 Å². The van der Waals surface area contributed by atoms with E-state index in [2.05, 4.69) is 45.0 Å². The normalized spacial score (nSPS) is 16.3. The highest BCUT2D eigenvalue weighted by Crippen LogP contribution is 2.41. The number of carbonyl (C=O) groups excluding carboxylic acids is 2. The molecule has 0 radical (unpaired) electrons. The Hall–Kier alpha value is -4.50. The van der Waals surface area contributed by atoms with Crippen LogP contribution in [-0.2, 0) is 16.0 Å². The van der Waals surface area contributed by atoms with E-state index in [1.165, 1.54) is 7.11 Å². The molecule has 0 saturated carbocycles. The summed E-state index contributed by atoms with van der Waals surface area (Å²) in [6.45, 7) is 6.61. The third kappa shape index (κ3) is 5.78. The molecule has 2 aromatic heterocycles. The van der Waals surface area contributed by atoms with E-state index in [1.807, 2.05) is 67.6 Å². The van der Waals surface area contributed by atoms with Gasteiger partial charge in [0.25, 0.3) is 0 Å². The van der Waals surface area contributed by atoms with Gasteiger partial charge < -0.3 is 24.8 Å². The number of aryl methyl sites for hydroxylation is 2. The molecule has 0 aliphatic carbocycles. The number of para-hydroxylation sites is 1. The topological polar surface area (TPSA) is 88.5 Å². The minimum absolute atomic E-state index is 0.0659. The molecule has 42 heavy (non-hydrogen) atoms. The third-order valence-corrected chi connectivity index (χ3v) is 8.12. The Labute approximate surface area is 251 Å². The number of nitrogens with zero attached hydrogens (tertiary/aromatic N) is 3. The standard InChI is InChI=1S/C33H35N5O3S/c1-5-23-11-6-7-14-27(23)35-29(39)16-18-37-31(30(36-33(37)42)28-15-8-9-17-34-28)26-19-21(2)38(22(26)3)25-13-10-12-24(20-25)32(40)41-4/h6-15,17,19-20,30-31H,5,16,18H2,1-4H3,(H,35,39)(H,36,42)/t30-,31+/m1/s1. The van der Waals surface area contributed by atoms with Gasteiger partial charge in [-0.2, -0.15) is 0 Å². The molecule has 3 heterocycles. The molecule has 9 heteroatoms. The lowest BCUT2D eigenvalue weighted by molar-refractivity contribution is -0.116. The molecular weight excluding hydrogens is 546 g/mol. The molecule has 216 valence electrons. The number of aromatic nitrogens is 2. The van der Waals surface area contributed by atoms with E-state index in [-0.39, 0.29) is 30.4 Å². The molecule has 2 aromatic carbocycles. The van der Waals surface area contributed by atoms with Gasteiger partial charge in [-0.05, 0) is 86.1 Å². The minimum atomic E-state index is -0.383. The second kappa shape index (κ2) is 12.6. The number of hydrogen-bond acceptors (Lipinski definition) is 5. The van der Waals surface area contributed by atoms with Gasteiger partial charge in [-0.25, -0.2) is 4.79 Å². The van der Waals surface area contributed by atoms with Gasteiger partial charge in [0.1, 0.15) is 0 Å². The van der Waals surface area contributed by atoms with Crippen LogP contribution in [0.2, 0.25) is 0 Å². The van der Waals surface area contributed by atoms with Crippen LogP contribution < -0.4 is 10.6 Å². The first-order valence-corrected chi connectivity index (χ1v) is 14.5. The summed E-state index contributed by atoms with van der Waals surface area (Å²) in [6, 6.07) is 22.9. The summed E-state index contributed by atoms with van der Waals surface area (Å²) in [4.78, 5) is 32.1. The molecule has 8 nitrogen and oxygen atoms in total. The van der Waals surface area contributed by atoms with Crippen LogP contribution in [0.1, 0.15) is 64.0 Å². The maximum atomic E-state index is 13.1. The Balaban J connectivity index is 1.48. The van der Waals surface area contributed by atoms with E-state index in [9.17, 15) is 9.59 Å². The van der Waals surface area contributed by atoms with Crippen molar-refractivity contribution < 1.29 is 14.3 Å². The number of nitrogens with one attached hydrogen (secondary N) is 2. The summed E-state index contributed by atoms with van der Waals surface area (Å²) in [7, 11) is 1.38. The molecule has 4 aromatic rings. The van der Waals surface area contributed by atoms with E-state index < -0.39 is 0 Å². The molecule has 5 rings (SSSR count). The fourth-order valence-electron chi connectivity index (χ4n) is 5.74. The number of carbonyl (C=O) groups is 2. The largest absolute Gasteiger partial charge is 0.465 e. The lowest BCUT2D eigenvalue weighted by Crippen LogP contribution is -2.33. The molecule has 0 bridgehead atoms. The highest BCUT2D eigenvalue weighted by molar-refractivity contribution is 7.80. The molecule has 0 unspecified atom stereocenters. The van der Waals surface area contributed by atoms with E-state index in [1.54, 1.807) is 12.3 Å². The van der Waals surface area contributed by atoms with E-state index >= 15 is 0 Å². The van der Waals surface area contributed by atoms with Gasteiger partial charge in [-0.3, -0.25) is 9.78 Å². The lowest BCUT2D eigenvalue weighted by atomic mass is 9.96. The van der Waals surface area contributed by atoms with Crippen molar-refractivity contribution in [3.8, 4) is 5.69 Å². The lowest BCUT2D eigenvalue weighted by Gasteiger charge is -2.28. The smallest absolute Gasteiger partial charge is 0.337 e. The summed E-state index contributed by atoms with van der Waals surface area (Å²) >= 11 is 5.85. The minimum Gasteiger partial charge on any atom is -0.465 e. The number of benzene rings is 2. The van der Waals surface area contributed by atoms with Crippen LogP contribution in [0.4, 0.5) is 5.69 Å². The predicted molar refractivity (Wildman–Crippen MR) is 168 cm³/mol. The van der Waals surface area contributed by atoms with Gasteiger partial charge in [-0.15, -0.1) is 0 Å². The number of ether oxygens (including phenoxy) is 1. The van der Waals surface area contributed by atoms with E-state index in [0.29, 0.717) is 17.2 Å². The number of hydrogen-bond donors (Lipinski definition) is 2. The molecular formula is C33H35N5O3S. The number of esters is 1. The van der Waals surface area contributed by atoms with Gasteiger partial charge in [0.15, 0.2) is 5.11 Å². The van der Waals surface area contributed by atoms with Crippen LogP contribution >= 0.6 is 12.2 Å². The van der Waals surface area contributed by atoms with Gasteiger partial charge in [-0.1, -0.05) is 37.3 Å². The molecule has 1 fully saturated rings. The number of methoxy groups -OCH3 is 1. The first-order chi connectivity index (χ1) is 20.3. The summed E-state index contributed by atoms with van der Waals surface area (Å²) < 4.78 is 7.07. The summed E-state index contributed by atoms with van der Waals surface area (Å²) in [5, 5.41) is 7.14. The highest BCUT2D eigenvalue weighted by Gasteiger charge is 2.41. The van der Waals surface area contributed by atoms with Gasteiger partial charge in [0.2, 0.25) is 5.91 Å². The van der Waals surface area contributed by atoms with Crippen molar-refractivity contribution in [2.24, 2.45) is 0 Å². The number of pyridine rings is 1. The van der Waals surface area contributed by atoms with Crippen molar-refractivity contribution in [1.82, 2.24) is 19.8 Å². The molecule has 2 N–H and O–H groups in total. The Morgan fingerprint density at radius 2 is 1.83 bits per heavy atom. The average molecular weight is 582 g/mol. The monoisotopic (exact) mass is 581 g/mol. The van der Waals surface area contributed by atoms with E-state index in [4.69, 9.17) is 17.0 Å². The fraction of sp³-hybridized carbons (Fsp3) is 0.273. The third-order valence-electron chi connectivity index (χ3n) is 7.76. The SMILES string of the molecule is CCc1ccccc1NC(=O)CCN1C(=S)N[C@H](c2ccccn2)[C@@H]1c1cc(C)n(-c2cccc(C(=O)OC)c2)c1C. The summed E-state index contributed by atoms with van der Waals surface area (Å²) in [5.41, 5.74) is 7.24. The van der Waals surface area contributed by atoms with Crippen molar-refractivity contribution in [3.63, 3.8) is 0 Å². The molecule has 1 aliphatic heterocycles. The Morgan fingerprint density at radius 3 is 2.57 bits per heavy atom. The van der Waals surface area contributed by atoms with E-state index in [0.717, 1.165) is 46.0 Å². The van der Waals surface area contributed by atoms with Crippen LogP contribution in [0, 0.1) is 13.8 Å². The number of amides is 1. The second-order valence-electron chi connectivity index (χ2n) is 10.3. The predicted octanol–water partition coefficient (Wildman–Crippen LogP) is 5.84. The maximum absolute atomic E-state index is 13.1. The van der Waals surface area contributed by atoms with Crippen LogP contribution in [0.3, 0.4) is 0 Å². The zero-order valence-corrected chi connectivity index (χ0v) is 25.1. The molecule has 1 aliphatic rings. The van der Waals surface area contributed by atoms with Gasteiger partial charge in [0, 0.05) is 41.9 Å². The van der Waals surface area contributed by atoms with Crippen molar-refractivity contribution in [2.75, 3.05) is 19.0 Å². The first-order valence-electron chi connectivity index (χ1n) is 14.1. The number of thiocarbonyl (C=S) groups is 1. The first kappa shape index (κ1) is 29.0. The molecule has 1 saturated heterocycles. The Kier molecular flexibility index (Phi) is 8.68. The second-order valence-corrected chi connectivity index (χ2v) is 10.7. The van der Waals surface area contributed by atoms with Crippen molar-refractivity contribution in [1.29, 1.82) is 0 Å². The zero-order chi connectivity index (χ0) is 29.8. The molecule has 1 amide bonds. The summed E-state index contributed by atoms with van der Waals surface area (Å²) in [6.07, 6.45) is 2.88. The van der Waals surface area contributed by atoms with Crippen LogP contribution in [0.15, 0.2) is 79.0 Å². The molecule has 0 spiro atoms. The quantitative estimate of drug-likeness (QED) is 0.190. The number of anilines is 1. The Morgan fingerprint density at radius 1 is 1.05 bits per heavy atom. The summed E-state index contributed by atoms with van der Waals surface area (Å²) in [5.74, 6) is -0.449. The number of rotatable bonds is 9. The average Bonchev–Trinajstić information content (AvgIpc) is 3.50. The van der Waals surface area contributed by atoms with Crippen molar-refractivity contribution in [2.45, 2.75) is 45.7 Å². The van der Waals surface area contributed by atoms with Crippen LogP contribution in [-0.4, -0.2) is 45.1 Å². The fourth-order valence-corrected chi connectivity index (χ4v) is 6.08.